The fraction of sp³-hybridized carbons (Fsp3) is 0.800. The number of hydrogen-bond acceptors (Lipinski definition) is 4. The van der Waals surface area contributed by atoms with Crippen LogP contribution < -0.4 is 5.32 Å². The van der Waals surface area contributed by atoms with Gasteiger partial charge in [-0.3, -0.25) is 4.79 Å². The highest BCUT2D eigenvalue weighted by Gasteiger charge is 2.33. The predicted molar refractivity (Wildman–Crippen MR) is 59.2 cm³/mol. The summed E-state index contributed by atoms with van der Waals surface area (Å²) in [5.74, 6) is -0.622. The van der Waals surface area contributed by atoms with E-state index in [-0.39, 0.29) is 29.9 Å². The number of nitriles is 1. The van der Waals surface area contributed by atoms with Gasteiger partial charge in [0.05, 0.1) is 29.9 Å². The molecule has 0 aliphatic carbocycles. The summed E-state index contributed by atoms with van der Waals surface area (Å²) >= 11 is 0. The molecule has 0 saturated carbocycles. The summed E-state index contributed by atoms with van der Waals surface area (Å²) in [6.07, 6.45) is 1.34. The lowest BCUT2D eigenvalue weighted by Crippen LogP contribution is -2.38. The molecule has 1 aliphatic heterocycles. The number of carbonyl (C=O) groups excluding carboxylic acids is 1. The second-order valence-corrected chi connectivity index (χ2v) is 6.30. The third kappa shape index (κ3) is 3.49. The van der Waals surface area contributed by atoms with E-state index in [0.717, 1.165) is 0 Å². The van der Waals surface area contributed by atoms with Crippen molar-refractivity contribution in [1.29, 1.82) is 5.26 Å². The number of hydrogen-bond donors (Lipinski definition) is 1. The fourth-order valence-corrected chi connectivity index (χ4v) is 3.47. The molecule has 1 saturated heterocycles. The summed E-state index contributed by atoms with van der Waals surface area (Å²) in [6.45, 7) is 1.88. The van der Waals surface area contributed by atoms with Gasteiger partial charge < -0.3 is 5.32 Å². The monoisotopic (exact) mass is 244 g/mol. The van der Waals surface area contributed by atoms with Crippen LogP contribution in [0.25, 0.3) is 0 Å². The van der Waals surface area contributed by atoms with Crippen LogP contribution in [0.1, 0.15) is 26.2 Å². The molecule has 1 rings (SSSR count). The van der Waals surface area contributed by atoms with E-state index in [2.05, 4.69) is 5.32 Å². The summed E-state index contributed by atoms with van der Waals surface area (Å²) < 4.78 is 22.4. The van der Waals surface area contributed by atoms with Crippen LogP contribution in [0, 0.1) is 17.2 Å². The first-order valence-electron chi connectivity index (χ1n) is 5.36. The Morgan fingerprint density at radius 3 is 2.75 bits per heavy atom. The Balaban J connectivity index is 2.50. The number of sulfone groups is 1. The molecule has 0 radical (unpaired) electrons. The molecule has 5 nitrogen and oxygen atoms in total. The maximum atomic E-state index is 11.7. The smallest absolute Gasteiger partial charge is 0.224 e. The van der Waals surface area contributed by atoms with Crippen molar-refractivity contribution in [2.24, 2.45) is 5.92 Å². The minimum atomic E-state index is -3.02. The Labute approximate surface area is 95.7 Å². The summed E-state index contributed by atoms with van der Waals surface area (Å²) in [4.78, 5) is 11.7. The number of nitrogens with one attached hydrogen (secondary N) is 1. The Hall–Kier alpha value is -1.09. The molecule has 0 aromatic carbocycles. The van der Waals surface area contributed by atoms with Crippen molar-refractivity contribution in [3.63, 3.8) is 0 Å². The number of amides is 1. The molecular weight excluding hydrogens is 228 g/mol. The number of rotatable bonds is 4. The third-order valence-electron chi connectivity index (χ3n) is 2.78. The zero-order valence-corrected chi connectivity index (χ0v) is 10.1. The van der Waals surface area contributed by atoms with Gasteiger partial charge in [0.15, 0.2) is 9.84 Å². The standard InChI is InChI=1S/C10H16N2O3S/c1-2-9(3-5-11)12-10(13)8-4-6-16(14,15)7-8/h8-9H,2-4,6-7H2,1H3,(H,12,13). The van der Waals surface area contributed by atoms with Crippen LogP contribution >= 0.6 is 0 Å². The molecule has 0 aromatic heterocycles. The van der Waals surface area contributed by atoms with Gasteiger partial charge in [0.1, 0.15) is 0 Å². The van der Waals surface area contributed by atoms with Gasteiger partial charge in [-0.05, 0) is 12.8 Å². The number of nitrogens with zero attached hydrogens (tertiary/aromatic N) is 1. The Kier molecular flexibility index (Phi) is 4.30. The zero-order valence-electron chi connectivity index (χ0n) is 9.27. The summed E-state index contributed by atoms with van der Waals surface area (Å²) in [6, 6.07) is 1.83. The van der Waals surface area contributed by atoms with Crippen LogP contribution in [0.3, 0.4) is 0 Å². The van der Waals surface area contributed by atoms with E-state index < -0.39 is 15.8 Å². The summed E-state index contributed by atoms with van der Waals surface area (Å²) in [5, 5.41) is 11.3. The molecule has 90 valence electrons. The molecule has 1 amide bonds. The van der Waals surface area contributed by atoms with Gasteiger partial charge in [-0.15, -0.1) is 0 Å². The average molecular weight is 244 g/mol. The fourth-order valence-electron chi connectivity index (χ4n) is 1.73. The van der Waals surface area contributed by atoms with Gasteiger partial charge in [0.25, 0.3) is 0 Å². The van der Waals surface area contributed by atoms with Crippen molar-refractivity contribution in [2.45, 2.75) is 32.2 Å². The maximum Gasteiger partial charge on any atom is 0.224 e. The van der Waals surface area contributed by atoms with E-state index in [1.807, 2.05) is 13.0 Å². The van der Waals surface area contributed by atoms with Crippen LogP contribution in [0.4, 0.5) is 0 Å². The maximum absolute atomic E-state index is 11.7. The largest absolute Gasteiger partial charge is 0.352 e. The molecule has 6 heteroatoms. The van der Waals surface area contributed by atoms with Crippen molar-refractivity contribution in [1.82, 2.24) is 5.32 Å². The molecule has 2 unspecified atom stereocenters. The quantitative estimate of drug-likeness (QED) is 0.767. The third-order valence-corrected chi connectivity index (χ3v) is 4.55. The number of carbonyl (C=O) groups is 1. The van der Waals surface area contributed by atoms with Gasteiger partial charge >= 0.3 is 0 Å². The van der Waals surface area contributed by atoms with Crippen LogP contribution in [0.15, 0.2) is 0 Å². The van der Waals surface area contributed by atoms with Crippen molar-refractivity contribution < 1.29 is 13.2 Å². The second-order valence-electron chi connectivity index (χ2n) is 4.08. The highest BCUT2D eigenvalue weighted by Crippen LogP contribution is 2.18. The van der Waals surface area contributed by atoms with E-state index in [4.69, 9.17) is 5.26 Å². The van der Waals surface area contributed by atoms with E-state index >= 15 is 0 Å². The molecule has 1 N–H and O–H groups in total. The Bertz CT molecular complexity index is 397. The molecule has 16 heavy (non-hydrogen) atoms. The SMILES string of the molecule is CCC(CC#N)NC(=O)C1CCS(=O)(=O)C1. The van der Waals surface area contributed by atoms with E-state index in [9.17, 15) is 13.2 Å². The first-order chi connectivity index (χ1) is 7.48. The van der Waals surface area contributed by atoms with Crippen LogP contribution in [0.5, 0.6) is 0 Å². The lowest BCUT2D eigenvalue weighted by atomic mass is 10.1. The molecule has 0 spiro atoms. The van der Waals surface area contributed by atoms with Crippen molar-refractivity contribution in [3.05, 3.63) is 0 Å². The van der Waals surface area contributed by atoms with Gasteiger partial charge in [-0.2, -0.15) is 5.26 Å². The lowest BCUT2D eigenvalue weighted by molar-refractivity contribution is -0.124. The Morgan fingerprint density at radius 2 is 2.31 bits per heavy atom. The normalized spacial score (nSPS) is 24.6. The predicted octanol–water partition coefficient (Wildman–Crippen LogP) is 0.230. The van der Waals surface area contributed by atoms with Crippen molar-refractivity contribution in [2.75, 3.05) is 11.5 Å². The van der Waals surface area contributed by atoms with E-state index in [1.165, 1.54) is 0 Å². The topological polar surface area (TPSA) is 87.0 Å². The first kappa shape index (κ1) is 13.0. The van der Waals surface area contributed by atoms with Gasteiger partial charge in [0, 0.05) is 6.04 Å². The van der Waals surface area contributed by atoms with Crippen molar-refractivity contribution in [3.8, 4) is 6.07 Å². The summed E-state index contributed by atoms with van der Waals surface area (Å²) in [7, 11) is -3.02. The molecule has 1 fully saturated rings. The van der Waals surface area contributed by atoms with E-state index in [0.29, 0.717) is 12.8 Å². The van der Waals surface area contributed by atoms with Crippen LogP contribution in [-0.2, 0) is 14.6 Å². The molecule has 2 atom stereocenters. The highest BCUT2D eigenvalue weighted by molar-refractivity contribution is 7.91. The van der Waals surface area contributed by atoms with E-state index in [1.54, 1.807) is 0 Å². The molecule has 1 heterocycles. The zero-order chi connectivity index (χ0) is 12.2. The van der Waals surface area contributed by atoms with Gasteiger partial charge in [0.2, 0.25) is 5.91 Å². The van der Waals surface area contributed by atoms with Crippen LogP contribution in [-0.4, -0.2) is 31.9 Å². The molecule has 1 aliphatic rings. The minimum Gasteiger partial charge on any atom is -0.352 e. The van der Waals surface area contributed by atoms with Crippen LogP contribution in [0.2, 0.25) is 0 Å². The minimum absolute atomic E-state index is 0.0537. The lowest BCUT2D eigenvalue weighted by Gasteiger charge is -2.16. The average Bonchev–Trinajstić information content (AvgIpc) is 2.58. The second kappa shape index (κ2) is 5.30. The first-order valence-corrected chi connectivity index (χ1v) is 7.18. The summed E-state index contributed by atoms with van der Waals surface area (Å²) in [5.41, 5.74) is 0. The Morgan fingerprint density at radius 1 is 1.62 bits per heavy atom. The van der Waals surface area contributed by atoms with Gasteiger partial charge in [-0.25, -0.2) is 8.42 Å². The molecular formula is C10H16N2O3S. The molecule has 0 bridgehead atoms. The highest BCUT2D eigenvalue weighted by atomic mass is 32.2. The van der Waals surface area contributed by atoms with Crippen molar-refractivity contribution >= 4 is 15.7 Å². The molecule has 0 aromatic rings. The van der Waals surface area contributed by atoms with Gasteiger partial charge in [-0.1, -0.05) is 6.92 Å².